The van der Waals surface area contributed by atoms with Gasteiger partial charge in [0.15, 0.2) is 5.78 Å². The van der Waals surface area contributed by atoms with Crippen molar-refractivity contribution < 1.29 is 9.59 Å². The molecule has 0 aliphatic carbocycles. The van der Waals surface area contributed by atoms with Gasteiger partial charge in [0.1, 0.15) is 0 Å². The lowest BCUT2D eigenvalue weighted by Gasteiger charge is -2.19. The van der Waals surface area contributed by atoms with Gasteiger partial charge in [-0.15, -0.1) is 11.8 Å². The number of Topliss-reactive ketones (excluding diaryl/α,β-unsaturated/α-hetero) is 1. The van der Waals surface area contributed by atoms with E-state index in [1.165, 1.54) is 18.7 Å². The molecule has 0 spiro atoms. The van der Waals surface area contributed by atoms with E-state index in [9.17, 15) is 9.59 Å². The molecule has 1 rings (SSSR count). The molecule has 1 heterocycles. The van der Waals surface area contributed by atoms with Crippen molar-refractivity contribution >= 4 is 23.5 Å². The fourth-order valence-electron chi connectivity index (χ4n) is 1.54. The summed E-state index contributed by atoms with van der Waals surface area (Å²) in [5, 5.41) is 2.76. The number of rotatable bonds is 6. The number of aromatic nitrogens is 1. The standard InChI is InChI=1S/C13H18N2O2S/c1-9(2)13(10(3)16)15-12(17)8-18-11-4-6-14-7-5-11/h4-7,9,13H,8H2,1-3H3,(H,15,17). The predicted octanol–water partition coefficient (Wildman–Crippen LogP) is 1.90. The fraction of sp³-hybridized carbons (Fsp3) is 0.462. The van der Waals surface area contributed by atoms with Crippen LogP contribution in [0.3, 0.4) is 0 Å². The summed E-state index contributed by atoms with van der Waals surface area (Å²) in [6, 6.07) is 3.31. The molecule has 0 aromatic carbocycles. The quantitative estimate of drug-likeness (QED) is 0.799. The molecular weight excluding hydrogens is 248 g/mol. The van der Waals surface area contributed by atoms with Gasteiger partial charge in [-0.2, -0.15) is 0 Å². The zero-order valence-electron chi connectivity index (χ0n) is 10.8. The second-order valence-electron chi connectivity index (χ2n) is 4.37. The Balaban J connectivity index is 2.44. The zero-order chi connectivity index (χ0) is 13.5. The molecular formula is C13H18N2O2S. The van der Waals surface area contributed by atoms with Crippen LogP contribution in [0.15, 0.2) is 29.4 Å². The average Bonchev–Trinajstić information content (AvgIpc) is 2.34. The molecule has 18 heavy (non-hydrogen) atoms. The topological polar surface area (TPSA) is 59.1 Å². The molecule has 1 amide bonds. The van der Waals surface area contributed by atoms with E-state index in [2.05, 4.69) is 10.3 Å². The lowest BCUT2D eigenvalue weighted by molar-refractivity contribution is -0.126. The lowest BCUT2D eigenvalue weighted by atomic mass is 10.0. The normalized spacial score (nSPS) is 12.2. The number of amides is 1. The van der Waals surface area contributed by atoms with E-state index >= 15 is 0 Å². The molecule has 0 saturated carbocycles. The van der Waals surface area contributed by atoms with Gasteiger partial charge in [-0.3, -0.25) is 14.6 Å². The molecule has 0 saturated heterocycles. The number of pyridine rings is 1. The highest BCUT2D eigenvalue weighted by molar-refractivity contribution is 8.00. The Labute approximate surface area is 112 Å². The minimum Gasteiger partial charge on any atom is -0.345 e. The van der Waals surface area contributed by atoms with Gasteiger partial charge >= 0.3 is 0 Å². The Kier molecular flexibility index (Phi) is 5.85. The van der Waals surface area contributed by atoms with Crippen molar-refractivity contribution in [2.45, 2.75) is 31.7 Å². The summed E-state index contributed by atoms with van der Waals surface area (Å²) in [5.74, 6) is 0.288. The summed E-state index contributed by atoms with van der Waals surface area (Å²) in [4.78, 5) is 28.0. The van der Waals surface area contributed by atoms with Gasteiger partial charge in [-0.25, -0.2) is 0 Å². The molecule has 0 radical (unpaired) electrons. The minimum absolute atomic E-state index is 0.00717. The Morgan fingerprint density at radius 1 is 1.33 bits per heavy atom. The first-order chi connectivity index (χ1) is 8.50. The zero-order valence-corrected chi connectivity index (χ0v) is 11.7. The van der Waals surface area contributed by atoms with Crippen molar-refractivity contribution in [3.63, 3.8) is 0 Å². The highest BCUT2D eigenvalue weighted by atomic mass is 32.2. The Morgan fingerprint density at radius 3 is 2.44 bits per heavy atom. The number of carbonyl (C=O) groups is 2. The third-order valence-electron chi connectivity index (χ3n) is 2.44. The maximum Gasteiger partial charge on any atom is 0.230 e. The SMILES string of the molecule is CC(=O)C(NC(=O)CSc1ccncc1)C(C)C. The van der Waals surface area contributed by atoms with Crippen LogP contribution in [0.1, 0.15) is 20.8 Å². The first kappa shape index (κ1) is 14.7. The molecule has 1 aromatic heterocycles. The fourth-order valence-corrected chi connectivity index (χ4v) is 2.23. The molecule has 98 valence electrons. The Hall–Kier alpha value is -1.36. The highest BCUT2D eigenvalue weighted by Gasteiger charge is 2.20. The number of nitrogens with one attached hydrogen (secondary N) is 1. The first-order valence-corrected chi connectivity index (χ1v) is 6.82. The molecule has 0 aliphatic rings. The number of hydrogen-bond donors (Lipinski definition) is 1. The largest absolute Gasteiger partial charge is 0.345 e. The monoisotopic (exact) mass is 266 g/mol. The van der Waals surface area contributed by atoms with E-state index in [1.807, 2.05) is 26.0 Å². The van der Waals surface area contributed by atoms with Crippen LogP contribution < -0.4 is 5.32 Å². The molecule has 1 aromatic rings. The average molecular weight is 266 g/mol. The Bertz CT molecular complexity index is 407. The van der Waals surface area contributed by atoms with Crippen LogP contribution >= 0.6 is 11.8 Å². The number of carbonyl (C=O) groups excluding carboxylic acids is 2. The van der Waals surface area contributed by atoms with E-state index in [-0.39, 0.29) is 17.6 Å². The van der Waals surface area contributed by atoms with Crippen LogP contribution in [-0.4, -0.2) is 28.5 Å². The maximum atomic E-state index is 11.7. The van der Waals surface area contributed by atoms with E-state index in [0.29, 0.717) is 5.75 Å². The van der Waals surface area contributed by atoms with E-state index in [1.54, 1.807) is 12.4 Å². The summed E-state index contributed by atoms with van der Waals surface area (Å²) in [6.45, 7) is 5.34. The maximum absolute atomic E-state index is 11.7. The van der Waals surface area contributed by atoms with Crippen LogP contribution in [0, 0.1) is 5.92 Å². The molecule has 1 unspecified atom stereocenters. The molecule has 0 fully saturated rings. The van der Waals surface area contributed by atoms with Crippen LogP contribution in [0.25, 0.3) is 0 Å². The second-order valence-corrected chi connectivity index (χ2v) is 5.42. The predicted molar refractivity (Wildman–Crippen MR) is 72.4 cm³/mol. The van der Waals surface area contributed by atoms with Crippen LogP contribution in [0.5, 0.6) is 0 Å². The van der Waals surface area contributed by atoms with E-state index in [4.69, 9.17) is 0 Å². The van der Waals surface area contributed by atoms with Crippen molar-refractivity contribution in [1.29, 1.82) is 0 Å². The Morgan fingerprint density at radius 2 is 1.94 bits per heavy atom. The van der Waals surface area contributed by atoms with Crippen molar-refractivity contribution in [2.75, 3.05) is 5.75 Å². The molecule has 4 nitrogen and oxygen atoms in total. The van der Waals surface area contributed by atoms with E-state index < -0.39 is 6.04 Å². The van der Waals surface area contributed by atoms with Gasteiger partial charge in [0.25, 0.3) is 0 Å². The van der Waals surface area contributed by atoms with Gasteiger partial charge in [0, 0.05) is 17.3 Å². The second kappa shape index (κ2) is 7.16. The molecule has 0 bridgehead atoms. The summed E-state index contributed by atoms with van der Waals surface area (Å²) >= 11 is 1.43. The van der Waals surface area contributed by atoms with Crippen molar-refractivity contribution in [3.8, 4) is 0 Å². The van der Waals surface area contributed by atoms with Crippen LogP contribution in [0.2, 0.25) is 0 Å². The smallest absolute Gasteiger partial charge is 0.230 e. The van der Waals surface area contributed by atoms with E-state index in [0.717, 1.165) is 4.90 Å². The van der Waals surface area contributed by atoms with Crippen molar-refractivity contribution in [1.82, 2.24) is 10.3 Å². The lowest BCUT2D eigenvalue weighted by Crippen LogP contribution is -2.44. The number of hydrogen-bond acceptors (Lipinski definition) is 4. The number of ketones is 1. The third-order valence-corrected chi connectivity index (χ3v) is 3.45. The van der Waals surface area contributed by atoms with Gasteiger partial charge in [-0.05, 0) is 25.0 Å². The summed E-state index contributed by atoms with van der Waals surface area (Å²) in [5.41, 5.74) is 0. The molecule has 5 heteroatoms. The van der Waals surface area contributed by atoms with Crippen LogP contribution in [-0.2, 0) is 9.59 Å². The number of nitrogens with zero attached hydrogens (tertiary/aromatic N) is 1. The van der Waals surface area contributed by atoms with Crippen LogP contribution in [0.4, 0.5) is 0 Å². The van der Waals surface area contributed by atoms with Gasteiger partial charge in [0.2, 0.25) is 5.91 Å². The molecule has 1 N–H and O–H groups in total. The minimum atomic E-state index is -0.393. The molecule has 0 aliphatic heterocycles. The summed E-state index contributed by atoms with van der Waals surface area (Å²) in [6.07, 6.45) is 3.37. The summed E-state index contributed by atoms with van der Waals surface area (Å²) in [7, 11) is 0. The number of thioether (sulfide) groups is 1. The molecule has 1 atom stereocenters. The van der Waals surface area contributed by atoms with Gasteiger partial charge < -0.3 is 5.32 Å². The summed E-state index contributed by atoms with van der Waals surface area (Å²) < 4.78 is 0. The highest BCUT2D eigenvalue weighted by Crippen LogP contribution is 2.15. The first-order valence-electron chi connectivity index (χ1n) is 5.83. The van der Waals surface area contributed by atoms with Gasteiger partial charge in [0.05, 0.1) is 11.8 Å². The van der Waals surface area contributed by atoms with Gasteiger partial charge in [-0.1, -0.05) is 13.8 Å². The van der Waals surface area contributed by atoms with Crippen molar-refractivity contribution in [2.24, 2.45) is 5.92 Å². The third kappa shape index (κ3) is 4.87. The van der Waals surface area contributed by atoms with Crippen molar-refractivity contribution in [3.05, 3.63) is 24.5 Å².